The molecule has 0 aromatic heterocycles. The Morgan fingerprint density at radius 3 is 2.75 bits per heavy atom. The molecule has 2 rings (SSSR count). The van der Waals surface area contributed by atoms with Gasteiger partial charge in [0.15, 0.2) is 0 Å². The van der Waals surface area contributed by atoms with E-state index in [-0.39, 0.29) is 0 Å². The molecule has 20 heavy (non-hydrogen) atoms. The number of hydrogen-bond donors (Lipinski definition) is 2. The smallest absolute Gasteiger partial charge is 0.0600 e. The van der Waals surface area contributed by atoms with Gasteiger partial charge in [-0.3, -0.25) is 0 Å². The van der Waals surface area contributed by atoms with E-state index >= 15 is 0 Å². The molecular weight excluding hydrogens is 250 g/mol. The number of nitrogen functional groups attached to an aromatic ring is 1. The van der Waals surface area contributed by atoms with E-state index in [1.807, 2.05) is 0 Å². The SMILES string of the molecule is COCCNCCCc1ccc(N2CCCC2)c(N)c1. The van der Waals surface area contributed by atoms with Gasteiger partial charge in [-0.2, -0.15) is 0 Å². The first-order valence-electron chi connectivity index (χ1n) is 7.64. The van der Waals surface area contributed by atoms with E-state index in [1.165, 1.54) is 24.1 Å². The number of nitrogens with one attached hydrogen (secondary N) is 1. The molecule has 0 aliphatic carbocycles. The average molecular weight is 277 g/mol. The molecule has 0 atom stereocenters. The number of methoxy groups -OCH3 is 1. The summed E-state index contributed by atoms with van der Waals surface area (Å²) in [6.07, 6.45) is 4.78. The Bertz CT molecular complexity index is 403. The molecule has 1 aromatic carbocycles. The van der Waals surface area contributed by atoms with Gasteiger partial charge in [0.05, 0.1) is 18.0 Å². The van der Waals surface area contributed by atoms with Crippen LogP contribution in [-0.4, -0.2) is 39.9 Å². The van der Waals surface area contributed by atoms with Gasteiger partial charge in [-0.15, -0.1) is 0 Å². The molecule has 0 bridgehead atoms. The summed E-state index contributed by atoms with van der Waals surface area (Å²) in [5.74, 6) is 0. The van der Waals surface area contributed by atoms with Gasteiger partial charge in [-0.1, -0.05) is 6.07 Å². The third-order valence-electron chi connectivity index (χ3n) is 3.84. The number of hydrogen-bond acceptors (Lipinski definition) is 4. The quantitative estimate of drug-likeness (QED) is 0.564. The minimum absolute atomic E-state index is 0.775. The number of rotatable bonds is 8. The number of benzene rings is 1. The number of aryl methyl sites for hydroxylation is 1. The van der Waals surface area contributed by atoms with Crippen LogP contribution in [-0.2, 0) is 11.2 Å². The van der Waals surface area contributed by atoms with E-state index in [9.17, 15) is 0 Å². The Morgan fingerprint density at radius 1 is 1.25 bits per heavy atom. The molecule has 0 unspecified atom stereocenters. The molecule has 0 spiro atoms. The van der Waals surface area contributed by atoms with Gasteiger partial charge < -0.3 is 20.7 Å². The Labute approximate surface area is 122 Å². The van der Waals surface area contributed by atoms with Crippen LogP contribution in [0.25, 0.3) is 0 Å². The summed E-state index contributed by atoms with van der Waals surface area (Å²) in [6.45, 7) is 5.01. The monoisotopic (exact) mass is 277 g/mol. The van der Waals surface area contributed by atoms with Crippen LogP contribution in [0, 0.1) is 0 Å². The number of nitrogens with zero attached hydrogens (tertiary/aromatic N) is 1. The zero-order valence-electron chi connectivity index (χ0n) is 12.5. The van der Waals surface area contributed by atoms with Crippen molar-refractivity contribution in [2.24, 2.45) is 0 Å². The van der Waals surface area contributed by atoms with Crippen LogP contribution in [0.1, 0.15) is 24.8 Å². The van der Waals surface area contributed by atoms with Gasteiger partial charge in [0.2, 0.25) is 0 Å². The van der Waals surface area contributed by atoms with Crippen molar-refractivity contribution in [1.29, 1.82) is 0 Å². The second-order valence-electron chi connectivity index (χ2n) is 5.43. The molecular formula is C16H27N3O. The van der Waals surface area contributed by atoms with Gasteiger partial charge in [0.25, 0.3) is 0 Å². The Morgan fingerprint density at radius 2 is 2.05 bits per heavy atom. The van der Waals surface area contributed by atoms with Crippen LogP contribution < -0.4 is 16.0 Å². The minimum atomic E-state index is 0.775. The van der Waals surface area contributed by atoms with Crippen molar-refractivity contribution < 1.29 is 4.74 Å². The van der Waals surface area contributed by atoms with E-state index in [1.54, 1.807) is 7.11 Å². The molecule has 4 nitrogen and oxygen atoms in total. The van der Waals surface area contributed by atoms with Crippen molar-refractivity contribution in [3.8, 4) is 0 Å². The van der Waals surface area contributed by atoms with Gasteiger partial charge in [-0.05, 0) is 49.9 Å². The third-order valence-corrected chi connectivity index (χ3v) is 3.84. The topological polar surface area (TPSA) is 50.5 Å². The van der Waals surface area contributed by atoms with Crippen LogP contribution in [0.4, 0.5) is 11.4 Å². The molecule has 0 amide bonds. The van der Waals surface area contributed by atoms with Crippen LogP contribution in [0.3, 0.4) is 0 Å². The Hall–Kier alpha value is -1.26. The zero-order chi connectivity index (χ0) is 14.2. The Kier molecular flexibility index (Phi) is 6.15. The van der Waals surface area contributed by atoms with E-state index in [0.29, 0.717) is 0 Å². The molecule has 0 saturated carbocycles. The van der Waals surface area contributed by atoms with Crippen molar-refractivity contribution in [3.63, 3.8) is 0 Å². The first-order valence-corrected chi connectivity index (χ1v) is 7.64. The van der Waals surface area contributed by atoms with Crippen molar-refractivity contribution in [2.75, 3.05) is 50.5 Å². The van der Waals surface area contributed by atoms with Gasteiger partial charge in [-0.25, -0.2) is 0 Å². The number of nitrogens with two attached hydrogens (primary N) is 1. The molecule has 1 saturated heterocycles. The molecule has 1 fully saturated rings. The average Bonchev–Trinajstić information content (AvgIpc) is 2.97. The lowest BCUT2D eigenvalue weighted by Crippen LogP contribution is -2.20. The zero-order valence-corrected chi connectivity index (χ0v) is 12.5. The maximum Gasteiger partial charge on any atom is 0.0600 e. The number of anilines is 2. The second-order valence-corrected chi connectivity index (χ2v) is 5.43. The lowest BCUT2D eigenvalue weighted by Gasteiger charge is -2.20. The van der Waals surface area contributed by atoms with Crippen molar-refractivity contribution >= 4 is 11.4 Å². The fourth-order valence-electron chi connectivity index (χ4n) is 2.72. The van der Waals surface area contributed by atoms with E-state index in [4.69, 9.17) is 10.5 Å². The minimum Gasteiger partial charge on any atom is -0.397 e. The van der Waals surface area contributed by atoms with Crippen LogP contribution >= 0.6 is 0 Å². The summed E-state index contributed by atoms with van der Waals surface area (Å²) in [4.78, 5) is 2.39. The molecule has 0 radical (unpaired) electrons. The highest BCUT2D eigenvalue weighted by Crippen LogP contribution is 2.27. The second kappa shape index (κ2) is 8.12. The molecule has 1 aromatic rings. The predicted octanol–water partition coefficient (Wildman–Crippen LogP) is 2.04. The standard InChI is InChI=1S/C16H27N3O/c1-20-12-9-18-8-4-5-14-6-7-16(15(17)13-14)19-10-2-3-11-19/h6-7,13,18H,2-5,8-12,17H2,1H3. The molecule has 3 N–H and O–H groups in total. The Balaban J connectivity index is 1.77. The van der Waals surface area contributed by atoms with E-state index < -0.39 is 0 Å². The third kappa shape index (κ3) is 4.39. The van der Waals surface area contributed by atoms with Crippen molar-refractivity contribution in [2.45, 2.75) is 25.7 Å². The van der Waals surface area contributed by atoms with Crippen molar-refractivity contribution in [3.05, 3.63) is 23.8 Å². The molecule has 112 valence electrons. The highest BCUT2D eigenvalue weighted by atomic mass is 16.5. The number of ether oxygens (including phenoxy) is 1. The summed E-state index contributed by atoms with van der Waals surface area (Å²) < 4.78 is 5.00. The fourth-order valence-corrected chi connectivity index (χ4v) is 2.72. The first kappa shape index (κ1) is 15.1. The molecule has 1 aliphatic rings. The van der Waals surface area contributed by atoms with E-state index in [0.717, 1.165) is 51.3 Å². The van der Waals surface area contributed by atoms with Gasteiger partial charge in [0.1, 0.15) is 0 Å². The summed E-state index contributed by atoms with van der Waals surface area (Å²) >= 11 is 0. The van der Waals surface area contributed by atoms with Crippen LogP contribution in [0.2, 0.25) is 0 Å². The maximum atomic E-state index is 6.20. The highest BCUT2D eigenvalue weighted by molar-refractivity contribution is 5.68. The summed E-state index contributed by atoms with van der Waals surface area (Å²) in [7, 11) is 1.73. The van der Waals surface area contributed by atoms with Gasteiger partial charge >= 0.3 is 0 Å². The molecule has 1 aliphatic heterocycles. The normalized spacial score (nSPS) is 14.9. The van der Waals surface area contributed by atoms with Crippen LogP contribution in [0.15, 0.2) is 18.2 Å². The lowest BCUT2D eigenvalue weighted by atomic mass is 10.1. The van der Waals surface area contributed by atoms with E-state index in [2.05, 4.69) is 28.4 Å². The van der Waals surface area contributed by atoms with Crippen LogP contribution in [0.5, 0.6) is 0 Å². The first-order chi connectivity index (χ1) is 9.81. The highest BCUT2D eigenvalue weighted by Gasteiger charge is 2.14. The fraction of sp³-hybridized carbons (Fsp3) is 0.625. The predicted molar refractivity (Wildman–Crippen MR) is 85.4 cm³/mol. The summed E-state index contributed by atoms with van der Waals surface area (Å²) in [5, 5.41) is 3.36. The summed E-state index contributed by atoms with van der Waals surface area (Å²) in [5.41, 5.74) is 9.67. The van der Waals surface area contributed by atoms with Crippen molar-refractivity contribution in [1.82, 2.24) is 5.32 Å². The molecule has 4 heteroatoms. The lowest BCUT2D eigenvalue weighted by molar-refractivity contribution is 0.199. The van der Waals surface area contributed by atoms with Gasteiger partial charge in [0, 0.05) is 26.7 Å². The molecule has 1 heterocycles. The summed E-state index contributed by atoms with van der Waals surface area (Å²) in [6, 6.07) is 6.55. The largest absolute Gasteiger partial charge is 0.397 e. The maximum absolute atomic E-state index is 6.20.